The molecule has 5 nitrogen and oxygen atoms in total. The zero-order valence-electron chi connectivity index (χ0n) is 10.4. The molecule has 0 aromatic heterocycles. The van der Waals surface area contributed by atoms with Crippen molar-refractivity contribution in [2.24, 2.45) is 0 Å². The Morgan fingerprint density at radius 3 is 2.43 bits per heavy atom. The molecule has 0 fully saturated rings. The van der Waals surface area contributed by atoms with Gasteiger partial charge in [-0.2, -0.15) is 13.2 Å². The summed E-state index contributed by atoms with van der Waals surface area (Å²) in [6, 6.07) is 7.86. The number of ether oxygens (including phenoxy) is 1. The third-order valence-corrected chi connectivity index (χ3v) is 2.54. The van der Waals surface area contributed by atoms with Crippen LogP contribution in [-0.4, -0.2) is 4.92 Å². The van der Waals surface area contributed by atoms with Crippen LogP contribution in [0.25, 0.3) is 0 Å². The van der Waals surface area contributed by atoms with Crippen molar-refractivity contribution in [2.45, 2.75) is 6.18 Å². The van der Waals surface area contributed by atoms with Gasteiger partial charge in [-0.15, -0.1) is 0 Å². The number of nitrogen functional groups attached to an aromatic ring is 1. The van der Waals surface area contributed by atoms with E-state index in [4.69, 9.17) is 10.5 Å². The maximum atomic E-state index is 12.8. The molecule has 0 aliphatic carbocycles. The molecule has 0 saturated heterocycles. The largest absolute Gasteiger partial charge is 0.456 e. The summed E-state index contributed by atoms with van der Waals surface area (Å²) in [5, 5.41) is 10.7. The highest BCUT2D eigenvalue weighted by molar-refractivity contribution is 5.54. The van der Waals surface area contributed by atoms with Crippen LogP contribution in [0.1, 0.15) is 5.56 Å². The van der Waals surface area contributed by atoms with Gasteiger partial charge in [-0.05, 0) is 12.1 Å². The van der Waals surface area contributed by atoms with Gasteiger partial charge in [0.15, 0.2) is 0 Å². The third-order valence-electron chi connectivity index (χ3n) is 2.54. The van der Waals surface area contributed by atoms with Gasteiger partial charge in [-0.1, -0.05) is 12.1 Å². The number of benzene rings is 2. The molecule has 0 atom stereocenters. The van der Waals surface area contributed by atoms with Gasteiger partial charge >= 0.3 is 6.18 Å². The molecule has 110 valence electrons. The molecule has 0 amide bonds. The fraction of sp³-hybridized carbons (Fsp3) is 0.0769. The SMILES string of the molecule is Nc1cc(Oc2ccccc2C(F)(F)F)cc([N+](=O)[O-])c1. The van der Waals surface area contributed by atoms with Crippen LogP contribution in [0.4, 0.5) is 24.5 Å². The van der Waals surface area contributed by atoms with Gasteiger partial charge < -0.3 is 10.5 Å². The highest BCUT2D eigenvalue weighted by atomic mass is 19.4. The maximum Gasteiger partial charge on any atom is 0.419 e. The lowest BCUT2D eigenvalue weighted by Crippen LogP contribution is -2.06. The average Bonchev–Trinajstić information content (AvgIpc) is 2.37. The van der Waals surface area contributed by atoms with Crippen LogP contribution in [0.2, 0.25) is 0 Å². The van der Waals surface area contributed by atoms with Gasteiger partial charge in [-0.25, -0.2) is 0 Å². The highest BCUT2D eigenvalue weighted by Crippen LogP contribution is 2.38. The topological polar surface area (TPSA) is 78.4 Å². The number of halogens is 3. The van der Waals surface area contributed by atoms with E-state index in [0.717, 1.165) is 24.3 Å². The van der Waals surface area contributed by atoms with Crippen LogP contribution in [0.5, 0.6) is 11.5 Å². The van der Waals surface area contributed by atoms with Crippen molar-refractivity contribution in [3.8, 4) is 11.5 Å². The molecule has 0 unspecified atom stereocenters. The van der Waals surface area contributed by atoms with Gasteiger partial charge in [0.25, 0.3) is 5.69 Å². The zero-order valence-corrected chi connectivity index (χ0v) is 10.4. The normalized spacial score (nSPS) is 11.2. The molecule has 0 saturated carbocycles. The number of anilines is 1. The number of alkyl halides is 3. The number of nitro groups is 1. The monoisotopic (exact) mass is 298 g/mol. The molecule has 8 heteroatoms. The second-order valence-corrected chi connectivity index (χ2v) is 4.11. The van der Waals surface area contributed by atoms with E-state index in [-0.39, 0.29) is 17.1 Å². The first-order chi connectivity index (χ1) is 9.77. The predicted octanol–water partition coefficient (Wildman–Crippen LogP) is 3.99. The number of hydrogen-bond acceptors (Lipinski definition) is 4. The fourth-order valence-corrected chi connectivity index (χ4v) is 1.69. The van der Waals surface area contributed by atoms with E-state index in [0.29, 0.717) is 0 Å². The summed E-state index contributed by atoms with van der Waals surface area (Å²) < 4.78 is 43.6. The van der Waals surface area contributed by atoms with Crippen molar-refractivity contribution in [1.29, 1.82) is 0 Å². The number of hydrogen-bond donors (Lipinski definition) is 1. The molecule has 2 N–H and O–H groups in total. The van der Waals surface area contributed by atoms with Gasteiger partial charge in [0, 0.05) is 17.8 Å². The van der Waals surface area contributed by atoms with E-state index in [1.54, 1.807) is 0 Å². The Hall–Kier alpha value is -2.77. The predicted molar refractivity (Wildman–Crippen MR) is 69.0 cm³/mol. The van der Waals surface area contributed by atoms with Gasteiger partial charge in [0.2, 0.25) is 0 Å². The average molecular weight is 298 g/mol. The van der Waals surface area contributed by atoms with E-state index in [1.807, 2.05) is 0 Å². The minimum absolute atomic E-state index is 0.0173. The Morgan fingerprint density at radius 2 is 1.81 bits per heavy atom. The summed E-state index contributed by atoms with van der Waals surface area (Å²) in [7, 11) is 0. The number of rotatable bonds is 3. The summed E-state index contributed by atoms with van der Waals surface area (Å²) in [5.41, 5.74) is 4.14. The van der Waals surface area contributed by atoms with Crippen molar-refractivity contribution in [2.75, 3.05) is 5.73 Å². The quantitative estimate of drug-likeness (QED) is 0.528. The van der Waals surface area contributed by atoms with Crippen LogP contribution in [0, 0.1) is 10.1 Å². The molecule has 0 aliphatic heterocycles. The van der Waals surface area contributed by atoms with Crippen LogP contribution < -0.4 is 10.5 Å². The Morgan fingerprint density at radius 1 is 1.14 bits per heavy atom. The maximum absolute atomic E-state index is 12.8. The van der Waals surface area contributed by atoms with Crippen LogP contribution in [0.15, 0.2) is 42.5 Å². The fourth-order valence-electron chi connectivity index (χ4n) is 1.69. The smallest absolute Gasteiger partial charge is 0.419 e. The molecule has 21 heavy (non-hydrogen) atoms. The van der Waals surface area contributed by atoms with Crippen LogP contribution >= 0.6 is 0 Å². The molecule has 2 rings (SSSR count). The van der Waals surface area contributed by atoms with Crippen molar-refractivity contribution >= 4 is 11.4 Å². The number of nitrogens with zero attached hydrogens (tertiary/aromatic N) is 1. The first-order valence-corrected chi connectivity index (χ1v) is 5.66. The van der Waals surface area contributed by atoms with Gasteiger partial charge in [-0.3, -0.25) is 10.1 Å². The lowest BCUT2D eigenvalue weighted by atomic mass is 10.2. The molecular formula is C13H9F3N2O3. The summed E-state index contributed by atoms with van der Waals surface area (Å²) in [4.78, 5) is 9.99. The first kappa shape index (κ1) is 14.6. The molecule has 0 spiro atoms. The van der Waals surface area contributed by atoms with Crippen molar-refractivity contribution in [3.05, 3.63) is 58.1 Å². The van der Waals surface area contributed by atoms with Crippen LogP contribution in [0.3, 0.4) is 0 Å². The molecule has 0 heterocycles. The molecule has 0 bridgehead atoms. The number of nitrogens with two attached hydrogens (primary N) is 1. The summed E-state index contributed by atoms with van der Waals surface area (Å²) in [5.74, 6) is -0.594. The summed E-state index contributed by atoms with van der Waals surface area (Å²) >= 11 is 0. The number of nitro benzene ring substituents is 1. The van der Waals surface area contributed by atoms with E-state index < -0.39 is 22.4 Å². The Balaban J connectivity index is 2.42. The van der Waals surface area contributed by atoms with Crippen molar-refractivity contribution in [3.63, 3.8) is 0 Å². The summed E-state index contributed by atoms with van der Waals surface area (Å²) in [6.45, 7) is 0. The van der Waals surface area contributed by atoms with Gasteiger partial charge in [0.1, 0.15) is 11.5 Å². The standard InChI is InChI=1S/C13H9F3N2O3/c14-13(15,16)11-3-1-2-4-12(11)21-10-6-8(17)5-9(7-10)18(19)20/h1-7H,17H2. The van der Waals surface area contributed by atoms with Crippen molar-refractivity contribution < 1.29 is 22.8 Å². The van der Waals surface area contributed by atoms with E-state index in [9.17, 15) is 23.3 Å². The minimum atomic E-state index is -4.59. The zero-order chi connectivity index (χ0) is 15.6. The van der Waals surface area contributed by atoms with Crippen LogP contribution in [-0.2, 0) is 6.18 Å². The molecule has 0 aliphatic rings. The highest BCUT2D eigenvalue weighted by Gasteiger charge is 2.34. The lowest BCUT2D eigenvalue weighted by molar-refractivity contribution is -0.384. The lowest BCUT2D eigenvalue weighted by Gasteiger charge is -2.13. The van der Waals surface area contributed by atoms with Gasteiger partial charge in [0.05, 0.1) is 16.6 Å². The second kappa shape index (κ2) is 5.31. The summed E-state index contributed by atoms with van der Waals surface area (Å²) in [6.07, 6.45) is -4.59. The number of non-ortho nitro benzene ring substituents is 1. The second-order valence-electron chi connectivity index (χ2n) is 4.11. The van der Waals surface area contributed by atoms with E-state index in [1.165, 1.54) is 18.2 Å². The first-order valence-electron chi connectivity index (χ1n) is 5.66. The molecule has 0 radical (unpaired) electrons. The Bertz CT molecular complexity index is 687. The Kier molecular flexibility index (Phi) is 3.70. The van der Waals surface area contributed by atoms with Crippen molar-refractivity contribution in [1.82, 2.24) is 0 Å². The molecule has 2 aromatic rings. The van der Waals surface area contributed by atoms with E-state index in [2.05, 4.69) is 0 Å². The molecular weight excluding hydrogens is 289 g/mol. The minimum Gasteiger partial charge on any atom is -0.456 e. The Labute approximate surface area is 116 Å². The third kappa shape index (κ3) is 3.41. The number of para-hydroxylation sites is 1. The molecule has 2 aromatic carbocycles. The van der Waals surface area contributed by atoms with E-state index >= 15 is 0 Å².